The molecule has 88 valence electrons. The van der Waals surface area contributed by atoms with Crippen LogP contribution in [0, 0.1) is 5.82 Å². The van der Waals surface area contributed by atoms with Crippen LogP contribution in [0.5, 0.6) is 0 Å². The standard InChI is InChI=1S/C12H16ClFN2/c1-9-8-15-5-2-6-16(9)10-3-4-12(14)11(13)7-10/h3-4,7,9,15H,2,5-6,8H2,1H3. The van der Waals surface area contributed by atoms with E-state index in [1.165, 1.54) is 6.07 Å². The van der Waals surface area contributed by atoms with Crippen LogP contribution < -0.4 is 10.2 Å². The van der Waals surface area contributed by atoms with Gasteiger partial charge in [0.05, 0.1) is 5.02 Å². The molecule has 0 aromatic heterocycles. The number of hydrogen-bond acceptors (Lipinski definition) is 2. The van der Waals surface area contributed by atoms with Crippen molar-refractivity contribution in [2.24, 2.45) is 0 Å². The molecule has 2 rings (SSSR count). The van der Waals surface area contributed by atoms with Crippen molar-refractivity contribution in [3.63, 3.8) is 0 Å². The van der Waals surface area contributed by atoms with Gasteiger partial charge < -0.3 is 10.2 Å². The number of rotatable bonds is 1. The molecule has 4 heteroatoms. The molecule has 1 aliphatic heterocycles. The van der Waals surface area contributed by atoms with E-state index in [1.807, 2.05) is 0 Å². The van der Waals surface area contributed by atoms with E-state index < -0.39 is 0 Å². The van der Waals surface area contributed by atoms with Gasteiger partial charge >= 0.3 is 0 Å². The molecular weight excluding hydrogens is 227 g/mol. The summed E-state index contributed by atoms with van der Waals surface area (Å²) in [6, 6.07) is 5.34. The van der Waals surface area contributed by atoms with Crippen molar-refractivity contribution in [2.45, 2.75) is 19.4 Å². The summed E-state index contributed by atoms with van der Waals surface area (Å²) in [5.41, 5.74) is 1.00. The van der Waals surface area contributed by atoms with Gasteiger partial charge in [-0.3, -0.25) is 0 Å². The molecule has 1 unspecified atom stereocenters. The Morgan fingerprint density at radius 2 is 2.31 bits per heavy atom. The van der Waals surface area contributed by atoms with Crippen molar-refractivity contribution < 1.29 is 4.39 Å². The Bertz CT molecular complexity index is 370. The van der Waals surface area contributed by atoms with Crippen LogP contribution in [-0.4, -0.2) is 25.7 Å². The highest BCUT2D eigenvalue weighted by Gasteiger charge is 2.17. The molecule has 1 N–H and O–H groups in total. The minimum atomic E-state index is -0.356. The molecule has 1 atom stereocenters. The van der Waals surface area contributed by atoms with Gasteiger partial charge in [0.15, 0.2) is 0 Å². The fraction of sp³-hybridized carbons (Fsp3) is 0.500. The number of halogens is 2. The van der Waals surface area contributed by atoms with Crippen molar-refractivity contribution in [3.05, 3.63) is 29.0 Å². The quantitative estimate of drug-likeness (QED) is 0.815. The highest BCUT2D eigenvalue weighted by atomic mass is 35.5. The van der Waals surface area contributed by atoms with Gasteiger partial charge in [-0.15, -0.1) is 0 Å². The molecule has 2 nitrogen and oxygen atoms in total. The van der Waals surface area contributed by atoms with Crippen LogP contribution in [0.4, 0.5) is 10.1 Å². The lowest BCUT2D eigenvalue weighted by Crippen LogP contribution is -2.37. The van der Waals surface area contributed by atoms with Crippen LogP contribution in [0.15, 0.2) is 18.2 Å². The minimum absolute atomic E-state index is 0.196. The number of nitrogens with one attached hydrogen (secondary N) is 1. The van der Waals surface area contributed by atoms with E-state index in [0.717, 1.165) is 31.7 Å². The third kappa shape index (κ3) is 2.47. The lowest BCUT2D eigenvalue weighted by atomic mass is 10.2. The highest BCUT2D eigenvalue weighted by molar-refractivity contribution is 6.31. The molecule has 1 saturated heterocycles. The first kappa shape index (κ1) is 11.7. The molecule has 0 aliphatic carbocycles. The summed E-state index contributed by atoms with van der Waals surface area (Å²) in [6.07, 6.45) is 1.10. The van der Waals surface area contributed by atoms with Gasteiger partial charge in [-0.1, -0.05) is 11.6 Å². The number of hydrogen-bond donors (Lipinski definition) is 1. The van der Waals surface area contributed by atoms with Gasteiger partial charge in [-0.2, -0.15) is 0 Å². The number of benzene rings is 1. The van der Waals surface area contributed by atoms with E-state index in [9.17, 15) is 4.39 Å². The molecule has 1 heterocycles. The molecule has 0 amide bonds. The largest absolute Gasteiger partial charge is 0.367 e. The molecule has 1 aromatic rings. The summed E-state index contributed by atoms with van der Waals surface area (Å²) in [7, 11) is 0. The van der Waals surface area contributed by atoms with Crippen molar-refractivity contribution >= 4 is 17.3 Å². The van der Waals surface area contributed by atoms with Gasteiger partial charge in [-0.05, 0) is 38.1 Å². The van der Waals surface area contributed by atoms with Crippen molar-refractivity contribution in [2.75, 3.05) is 24.5 Å². The summed E-state index contributed by atoms with van der Waals surface area (Å²) in [5, 5.41) is 3.57. The first-order chi connectivity index (χ1) is 7.68. The van der Waals surface area contributed by atoms with Crippen LogP contribution in [0.3, 0.4) is 0 Å². The number of nitrogens with zero attached hydrogens (tertiary/aromatic N) is 1. The molecule has 0 bridgehead atoms. The van der Waals surface area contributed by atoms with Crippen LogP contribution in [0.1, 0.15) is 13.3 Å². The highest BCUT2D eigenvalue weighted by Crippen LogP contribution is 2.24. The molecule has 1 fully saturated rings. The van der Waals surface area contributed by atoms with Crippen LogP contribution in [0.25, 0.3) is 0 Å². The van der Waals surface area contributed by atoms with Gasteiger partial charge in [-0.25, -0.2) is 4.39 Å². The maximum atomic E-state index is 13.1. The molecule has 0 saturated carbocycles. The molecule has 16 heavy (non-hydrogen) atoms. The summed E-state index contributed by atoms with van der Waals surface area (Å²) < 4.78 is 13.1. The molecule has 1 aliphatic rings. The van der Waals surface area contributed by atoms with E-state index in [2.05, 4.69) is 17.1 Å². The maximum absolute atomic E-state index is 13.1. The predicted octanol–water partition coefficient (Wildman–Crippen LogP) is 2.67. The van der Waals surface area contributed by atoms with E-state index in [0.29, 0.717) is 6.04 Å². The van der Waals surface area contributed by atoms with Gasteiger partial charge in [0.25, 0.3) is 0 Å². The van der Waals surface area contributed by atoms with Crippen molar-refractivity contribution in [1.29, 1.82) is 0 Å². The Labute approximate surface area is 100 Å². The first-order valence-corrected chi connectivity index (χ1v) is 5.98. The zero-order chi connectivity index (χ0) is 11.5. The van der Waals surface area contributed by atoms with Gasteiger partial charge in [0, 0.05) is 24.8 Å². The average Bonchev–Trinajstić information content (AvgIpc) is 2.47. The Morgan fingerprint density at radius 3 is 3.06 bits per heavy atom. The molecule has 0 radical (unpaired) electrons. The Hall–Kier alpha value is -0.800. The summed E-state index contributed by atoms with van der Waals surface area (Å²) in [6.45, 7) is 5.14. The van der Waals surface area contributed by atoms with Crippen LogP contribution >= 0.6 is 11.6 Å². The SMILES string of the molecule is CC1CNCCCN1c1ccc(F)c(Cl)c1. The third-order valence-corrected chi connectivity index (χ3v) is 3.25. The molecule has 0 spiro atoms. The first-order valence-electron chi connectivity index (χ1n) is 5.61. The second kappa shape index (κ2) is 5.02. The molecular formula is C12H16ClFN2. The molecule has 1 aromatic carbocycles. The lowest BCUT2D eigenvalue weighted by molar-refractivity contribution is 0.620. The van der Waals surface area contributed by atoms with Crippen LogP contribution in [0.2, 0.25) is 5.02 Å². The van der Waals surface area contributed by atoms with Crippen molar-refractivity contribution in [3.8, 4) is 0 Å². The second-order valence-electron chi connectivity index (χ2n) is 4.20. The summed E-state index contributed by atoms with van der Waals surface area (Å²) >= 11 is 5.80. The third-order valence-electron chi connectivity index (χ3n) is 2.96. The zero-order valence-corrected chi connectivity index (χ0v) is 10.1. The average molecular weight is 243 g/mol. The Kier molecular flexibility index (Phi) is 3.66. The number of anilines is 1. The predicted molar refractivity (Wildman–Crippen MR) is 65.7 cm³/mol. The van der Waals surface area contributed by atoms with Gasteiger partial charge in [0.2, 0.25) is 0 Å². The zero-order valence-electron chi connectivity index (χ0n) is 9.34. The fourth-order valence-electron chi connectivity index (χ4n) is 2.06. The monoisotopic (exact) mass is 242 g/mol. The topological polar surface area (TPSA) is 15.3 Å². The van der Waals surface area contributed by atoms with Gasteiger partial charge in [0.1, 0.15) is 5.82 Å². The normalized spacial score (nSPS) is 21.9. The van der Waals surface area contributed by atoms with Crippen LogP contribution in [-0.2, 0) is 0 Å². The summed E-state index contributed by atoms with van der Waals surface area (Å²) in [4.78, 5) is 2.27. The Morgan fingerprint density at radius 1 is 1.50 bits per heavy atom. The van der Waals surface area contributed by atoms with E-state index in [-0.39, 0.29) is 10.8 Å². The fourth-order valence-corrected chi connectivity index (χ4v) is 2.24. The summed E-state index contributed by atoms with van der Waals surface area (Å²) in [5.74, 6) is -0.356. The van der Waals surface area contributed by atoms with Crippen molar-refractivity contribution in [1.82, 2.24) is 5.32 Å². The lowest BCUT2D eigenvalue weighted by Gasteiger charge is -2.29. The Balaban J connectivity index is 2.23. The minimum Gasteiger partial charge on any atom is -0.367 e. The van der Waals surface area contributed by atoms with E-state index in [4.69, 9.17) is 11.6 Å². The second-order valence-corrected chi connectivity index (χ2v) is 4.61. The van der Waals surface area contributed by atoms with E-state index in [1.54, 1.807) is 12.1 Å². The smallest absolute Gasteiger partial charge is 0.141 e. The van der Waals surface area contributed by atoms with E-state index >= 15 is 0 Å². The maximum Gasteiger partial charge on any atom is 0.141 e.